The number of aryl methyl sites for hydroxylation is 2. The molecule has 0 aromatic carbocycles. The highest BCUT2D eigenvalue weighted by atomic mass is 16.1. The number of hydrogen-bond donors (Lipinski definition) is 2. The fraction of sp³-hybridized carbons (Fsp3) is 0.733. The predicted molar refractivity (Wildman–Crippen MR) is 77.2 cm³/mol. The number of aromatic amines is 1. The van der Waals surface area contributed by atoms with Crippen LogP contribution in [0.5, 0.6) is 0 Å². The summed E-state index contributed by atoms with van der Waals surface area (Å²) in [6.45, 7) is 14.8. The summed E-state index contributed by atoms with van der Waals surface area (Å²) < 4.78 is 0. The molecule has 0 bridgehead atoms. The van der Waals surface area contributed by atoms with Crippen molar-refractivity contribution >= 4 is 0 Å². The first-order valence-electron chi connectivity index (χ1n) is 6.92. The van der Waals surface area contributed by atoms with Gasteiger partial charge in [-0.3, -0.25) is 4.79 Å². The molecule has 2 rings (SSSR count). The molecule has 1 heterocycles. The topological polar surface area (TPSA) is 57.8 Å². The first-order chi connectivity index (χ1) is 8.59. The van der Waals surface area contributed by atoms with Gasteiger partial charge in [0.2, 0.25) is 0 Å². The van der Waals surface area contributed by atoms with Gasteiger partial charge in [0.15, 0.2) is 0 Å². The lowest BCUT2D eigenvalue weighted by molar-refractivity contribution is 0.457. The van der Waals surface area contributed by atoms with Gasteiger partial charge in [-0.25, -0.2) is 4.98 Å². The molecule has 0 radical (unpaired) electrons. The Bertz CT molecular complexity index is 543. The van der Waals surface area contributed by atoms with Crippen molar-refractivity contribution < 1.29 is 0 Å². The van der Waals surface area contributed by atoms with E-state index in [1.165, 1.54) is 0 Å². The summed E-state index contributed by atoms with van der Waals surface area (Å²) in [4.78, 5) is 19.2. The number of nitrogens with one attached hydrogen (secondary N) is 2. The Morgan fingerprint density at radius 1 is 1.21 bits per heavy atom. The third-order valence-corrected chi connectivity index (χ3v) is 5.13. The second-order valence-corrected chi connectivity index (χ2v) is 6.92. The van der Waals surface area contributed by atoms with Gasteiger partial charge in [-0.15, -0.1) is 0 Å². The maximum atomic E-state index is 12.1. The van der Waals surface area contributed by atoms with E-state index in [2.05, 4.69) is 43.0 Å². The van der Waals surface area contributed by atoms with Crippen LogP contribution >= 0.6 is 0 Å². The Morgan fingerprint density at radius 2 is 1.74 bits per heavy atom. The van der Waals surface area contributed by atoms with Crippen molar-refractivity contribution in [2.24, 2.45) is 10.8 Å². The van der Waals surface area contributed by atoms with Crippen molar-refractivity contribution in [2.45, 2.75) is 60.5 Å². The van der Waals surface area contributed by atoms with Crippen molar-refractivity contribution in [3.05, 3.63) is 27.4 Å². The van der Waals surface area contributed by atoms with Crippen LogP contribution in [0.3, 0.4) is 0 Å². The fourth-order valence-electron chi connectivity index (χ4n) is 3.19. The number of H-pyrrole nitrogens is 1. The molecule has 1 aliphatic rings. The van der Waals surface area contributed by atoms with Crippen LogP contribution in [-0.2, 0) is 0 Å². The molecule has 1 saturated carbocycles. The molecule has 1 aromatic rings. The van der Waals surface area contributed by atoms with E-state index >= 15 is 0 Å². The molecule has 2 N–H and O–H groups in total. The number of rotatable bonds is 3. The molecule has 1 atom stereocenters. The van der Waals surface area contributed by atoms with Gasteiger partial charge in [0, 0.05) is 17.8 Å². The van der Waals surface area contributed by atoms with Crippen LogP contribution in [0, 0.1) is 24.7 Å². The molecule has 106 valence electrons. The van der Waals surface area contributed by atoms with Crippen molar-refractivity contribution in [3.63, 3.8) is 0 Å². The SMILES string of the molecule is Cc1nc(C)c(C(C)NC2C(C)(C)C2(C)C)c(=O)[nH]1. The summed E-state index contributed by atoms with van der Waals surface area (Å²) in [6.07, 6.45) is 0. The fourth-order valence-corrected chi connectivity index (χ4v) is 3.19. The summed E-state index contributed by atoms with van der Waals surface area (Å²) in [7, 11) is 0. The molecule has 1 fully saturated rings. The second-order valence-electron chi connectivity index (χ2n) is 6.92. The maximum absolute atomic E-state index is 12.1. The van der Waals surface area contributed by atoms with Gasteiger partial charge in [-0.1, -0.05) is 27.7 Å². The van der Waals surface area contributed by atoms with E-state index < -0.39 is 0 Å². The average molecular weight is 263 g/mol. The Balaban J connectivity index is 2.24. The van der Waals surface area contributed by atoms with Gasteiger partial charge >= 0.3 is 0 Å². The second kappa shape index (κ2) is 4.17. The van der Waals surface area contributed by atoms with Crippen molar-refractivity contribution in [1.29, 1.82) is 0 Å². The highest BCUT2D eigenvalue weighted by Crippen LogP contribution is 2.63. The normalized spacial score (nSPS) is 22.3. The van der Waals surface area contributed by atoms with E-state index in [9.17, 15) is 4.79 Å². The first-order valence-corrected chi connectivity index (χ1v) is 6.92. The average Bonchev–Trinajstić information content (AvgIpc) is 2.59. The van der Waals surface area contributed by atoms with Gasteiger partial charge in [0.25, 0.3) is 5.56 Å². The maximum Gasteiger partial charge on any atom is 0.255 e. The van der Waals surface area contributed by atoms with Crippen molar-refractivity contribution in [1.82, 2.24) is 15.3 Å². The van der Waals surface area contributed by atoms with E-state index in [0.717, 1.165) is 11.3 Å². The molecule has 19 heavy (non-hydrogen) atoms. The van der Waals surface area contributed by atoms with Crippen molar-refractivity contribution in [2.75, 3.05) is 0 Å². The minimum absolute atomic E-state index is 0.0166. The van der Waals surface area contributed by atoms with Gasteiger partial charge < -0.3 is 10.3 Å². The van der Waals surface area contributed by atoms with Crippen LogP contribution in [0.25, 0.3) is 0 Å². The molecule has 1 aromatic heterocycles. The van der Waals surface area contributed by atoms with E-state index in [0.29, 0.717) is 11.9 Å². The zero-order valence-corrected chi connectivity index (χ0v) is 13.0. The Morgan fingerprint density at radius 3 is 2.16 bits per heavy atom. The third kappa shape index (κ3) is 2.12. The quantitative estimate of drug-likeness (QED) is 0.880. The van der Waals surface area contributed by atoms with E-state index in [4.69, 9.17) is 0 Å². The van der Waals surface area contributed by atoms with Crippen LogP contribution in [0.2, 0.25) is 0 Å². The molecule has 0 aliphatic heterocycles. The van der Waals surface area contributed by atoms with Crippen LogP contribution in [-0.4, -0.2) is 16.0 Å². The molecular weight excluding hydrogens is 238 g/mol. The molecule has 0 saturated heterocycles. The third-order valence-electron chi connectivity index (χ3n) is 5.13. The molecule has 1 aliphatic carbocycles. The summed E-state index contributed by atoms with van der Waals surface area (Å²) in [5, 5.41) is 3.59. The monoisotopic (exact) mass is 263 g/mol. The van der Waals surface area contributed by atoms with Crippen LogP contribution in [0.1, 0.15) is 57.7 Å². The summed E-state index contributed by atoms with van der Waals surface area (Å²) in [6, 6.07) is 0.443. The van der Waals surface area contributed by atoms with Gasteiger partial charge in [0.05, 0.1) is 5.56 Å². The molecule has 4 heteroatoms. The van der Waals surface area contributed by atoms with E-state index in [1.54, 1.807) is 0 Å². The zero-order chi connectivity index (χ0) is 14.6. The molecule has 0 spiro atoms. The summed E-state index contributed by atoms with van der Waals surface area (Å²) in [5.74, 6) is 0.672. The van der Waals surface area contributed by atoms with Crippen LogP contribution in [0.15, 0.2) is 4.79 Å². The number of nitrogens with zero attached hydrogens (tertiary/aromatic N) is 1. The minimum Gasteiger partial charge on any atom is -0.310 e. The molecule has 1 unspecified atom stereocenters. The Labute approximate surface area is 115 Å². The van der Waals surface area contributed by atoms with Gasteiger partial charge in [0.1, 0.15) is 5.82 Å². The highest BCUT2D eigenvalue weighted by molar-refractivity contribution is 5.24. The summed E-state index contributed by atoms with van der Waals surface area (Å²) in [5.41, 5.74) is 2.07. The number of hydrogen-bond acceptors (Lipinski definition) is 3. The Hall–Kier alpha value is -1.16. The largest absolute Gasteiger partial charge is 0.310 e. The van der Waals surface area contributed by atoms with Gasteiger partial charge in [-0.05, 0) is 31.6 Å². The molecule has 0 amide bonds. The minimum atomic E-state index is -0.0266. The smallest absolute Gasteiger partial charge is 0.255 e. The zero-order valence-electron chi connectivity index (χ0n) is 13.0. The van der Waals surface area contributed by atoms with Gasteiger partial charge in [-0.2, -0.15) is 0 Å². The van der Waals surface area contributed by atoms with Crippen LogP contribution in [0.4, 0.5) is 0 Å². The highest BCUT2D eigenvalue weighted by Gasteiger charge is 2.64. The first kappa shape index (κ1) is 14.3. The van der Waals surface area contributed by atoms with E-state index in [1.807, 2.05) is 20.8 Å². The molecular formula is C15H25N3O. The lowest BCUT2D eigenvalue weighted by atomic mass is 10.0. The lowest BCUT2D eigenvalue weighted by Gasteiger charge is -2.17. The number of aromatic nitrogens is 2. The summed E-state index contributed by atoms with van der Waals surface area (Å²) >= 11 is 0. The van der Waals surface area contributed by atoms with E-state index in [-0.39, 0.29) is 22.4 Å². The van der Waals surface area contributed by atoms with Crippen molar-refractivity contribution in [3.8, 4) is 0 Å². The lowest BCUT2D eigenvalue weighted by Crippen LogP contribution is -2.31. The molecule has 4 nitrogen and oxygen atoms in total. The Kier molecular flexibility index (Phi) is 3.13. The standard InChI is InChI=1S/C15H25N3O/c1-8-11(12(19)18-10(3)16-8)9(2)17-13-14(4,5)15(13,6)7/h9,13,17H,1-7H3,(H,16,18,19). The van der Waals surface area contributed by atoms with Crippen LogP contribution < -0.4 is 10.9 Å². The predicted octanol–water partition coefficient (Wildman–Crippen LogP) is 2.47.